The number of hydrogen-bond acceptors (Lipinski definition) is 4. The lowest BCUT2D eigenvalue weighted by atomic mass is 10.1. The largest absolute Gasteiger partial charge is 0.381 e. The second kappa shape index (κ2) is 7.21. The fourth-order valence-electron chi connectivity index (χ4n) is 1.72. The highest BCUT2D eigenvalue weighted by atomic mass is 32.2. The molecule has 0 bridgehead atoms. The van der Waals surface area contributed by atoms with Gasteiger partial charge in [0.2, 0.25) is 10.0 Å². The summed E-state index contributed by atoms with van der Waals surface area (Å²) < 4.78 is 31.3. The molecule has 1 heterocycles. The summed E-state index contributed by atoms with van der Waals surface area (Å²) in [5.74, 6) is 0.228. The first-order chi connectivity index (χ1) is 7.64. The van der Waals surface area contributed by atoms with E-state index in [9.17, 15) is 8.42 Å². The Labute approximate surface area is 98.0 Å². The van der Waals surface area contributed by atoms with Crippen molar-refractivity contribution < 1.29 is 13.2 Å². The summed E-state index contributed by atoms with van der Waals surface area (Å²) in [6.07, 6.45) is 3.18. The van der Waals surface area contributed by atoms with E-state index in [1.807, 2.05) is 7.05 Å². The lowest BCUT2D eigenvalue weighted by molar-refractivity contribution is 0.0832. The number of ether oxygens (including phenoxy) is 1. The van der Waals surface area contributed by atoms with Gasteiger partial charge in [0.15, 0.2) is 0 Å². The van der Waals surface area contributed by atoms with E-state index in [1.54, 1.807) is 0 Å². The minimum absolute atomic E-state index is 0.0723. The molecule has 1 rings (SSSR count). The molecule has 0 saturated carbocycles. The van der Waals surface area contributed by atoms with Gasteiger partial charge >= 0.3 is 0 Å². The van der Waals surface area contributed by atoms with Crippen LogP contribution in [0.2, 0.25) is 0 Å². The summed E-state index contributed by atoms with van der Waals surface area (Å²) in [5.41, 5.74) is 0. The highest BCUT2D eigenvalue weighted by Gasteiger charge is 2.19. The molecule has 0 aromatic rings. The summed E-state index contributed by atoms with van der Waals surface area (Å²) in [5, 5.41) is 3.00. The van der Waals surface area contributed by atoms with Gasteiger partial charge in [0.25, 0.3) is 0 Å². The molecular formula is C10H22N2O3S. The van der Waals surface area contributed by atoms with E-state index in [4.69, 9.17) is 4.74 Å². The van der Waals surface area contributed by atoms with Gasteiger partial charge in [0, 0.05) is 19.3 Å². The second-order valence-corrected chi connectivity index (χ2v) is 6.01. The normalized spacial score (nSPS) is 18.8. The Hall–Kier alpha value is -0.170. The third-order valence-corrected chi connectivity index (χ3v) is 4.18. The highest BCUT2D eigenvalue weighted by Crippen LogP contribution is 2.08. The molecule has 0 atom stereocenters. The molecule has 0 amide bonds. The Morgan fingerprint density at radius 3 is 2.56 bits per heavy atom. The first-order valence-electron chi connectivity index (χ1n) is 5.86. The minimum atomic E-state index is -3.10. The Kier molecular flexibility index (Phi) is 6.26. The number of rotatable bonds is 7. The third-order valence-electron chi connectivity index (χ3n) is 2.66. The van der Waals surface area contributed by atoms with Crippen LogP contribution in [0.25, 0.3) is 0 Å². The van der Waals surface area contributed by atoms with Gasteiger partial charge in [-0.1, -0.05) is 0 Å². The average Bonchev–Trinajstić information content (AvgIpc) is 2.25. The molecule has 0 radical (unpaired) electrons. The van der Waals surface area contributed by atoms with Crippen LogP contribution in [0.1, 0.15) is 25.7 Å². The third kappa shape index (κ3) is 5.79. The van der Waals surface area contributed by atoms with Crippen LogP contribution in [0.4, 0.5) is 0 Å². The van der Waals surface area contributed by atoms with Crippen molar-refractivity contribution in [3.63, 3.8) is 0 Å². The van der Waals surface area contributed by atoms with Gasteiger partial charge in [-0.05, 0) is 39.3 Å². The van der Waals surface area contributed by atoms with Gasteiger partial charge in [-0.3, -0.25) is 0 Å². The van der Waals surface area contributed by atoms with E-state index in [0.717, 1.165) is 25.8 Å². The average molecular weight is 250 g/mol. The fraction of sp³-hybridized carbons (Fsp3) is 1.00. The summed E-state index contributed by atoms with van der Waals surface area (Å²) in [4.78, 5) is 0. The summed E-state index contributed by atoms with van der Waals surface area (Å²) >= 11 is 0. The predicted octanol–water partition coefficient (Wildman–Crippen LogP) is 0.0844. The van der Waals surface area contributed by atoms with Crippen molar-refractivity contribution in [2.75, 3.05) is 32.6 Å². The minimum Gasteiger partial charge on any atom is -0.381 e. The first-order valence-corrected chi connectivity index (χ1v) is 7.51. The molecule has 1 fully saturated rings. The Morgan fingerprint density at radius 2 is 1.94 bits per heavy atom. The summed E-state index contributed by atoms with van der Waals surface area (Å²) in [6, 6.07) is 0.0723. The molecule has 0 unspecified atom stereocenters. The molecule has 0 aliphatic carbocycles. The van der Waals surface area contributed by atoms with Gasteiger partial charge in [0.05, 0.1) is 5.75 Å². The van der Waals surface area contributed by atoms with Gasteiger partial charge < -0.3 is 10.1 Å². The van der Waals surface area contributed by atoms with Crippen LogP contribution in [0, 0.1) is 0 Å². The lowest BCUT2D eigenvalue weighted by Crippen LogP contribution is -2.40. The fourth-order valence-corrected chi connectivity index (χ4v) is 3.17. The number of hydrogen-bond donors (Lipinski definition) is 2. The topological polar surface area (TPSA) is 67.4 Å². The first kappa shape index (κ1) is 13.9. The monoisotopic (exact) mass is 250 g/mol. The van der Waals surface area contributed by atoms with Crippen molar-refractivity contribution in [3.05, 3.63) is 0 Å². The van der Waals surface area contributed by atoms with E-state index in [1.165, 1.54) is 0 Å². The molecule has 96 valence electrons. The lowest BCUT2D eigenvalue weighted by Gasteiger charge is -2.22. The van der Waals surface area contributed by atoms with Crippen LogP contribution in [-0.2, 0) is 14.8 Å². The SMILES string of the molecule is CNCCCCS(=O)(=O)NC1CCOCC1. The van der Waals surface area contributed by atoms with Crippen LogP contribution in [0.15, 0.2) is 0 Å². The van der Waals surface area contributed by atoms with Crippen LogP contribution >= 0.6 is 0 Å². The van der Waals surface area contributed by atoms with E-state index in [0.29, 0.717) is 19.6 Å². The van der Waals surface area contributed by atoms with Crippen LogP contribution in [0.5, 0.6) is 0 Å². The number of sulfonamides is 1. The molecule has 6 heteroatoms. The standard InChI is InChI=1S/C10H22N2O3S/c1-11-6-2-3-9-16(13,14)12-10-4-7-15-8-5-10/h10-12H,2-9H2,1H3. The molecule has 5 nitrogen and oxygen atoms in total. The second-order valence-electron chi connectivity index (χ2n) is 4.13. The van der Waals surface area contributed by atoms with Crippen LogP contribution in [-0.4, -0.2) is 47.0 Å². The van der Waals surface area contributed by atoms with E-state index < -0.39 is 10.0 Å². The number of nitrogens with one attached hydrogen (secondary N) is 2. The Morgan fingerprint density at radius 1 is 1.25 bits per heavy atom. The molecule has 16 heavy (non-hydrogen) atoms. The molecule has 1 aliphatic rings. The molecule has 1 saturated heterocycles. The maximum Gasteiger partial charge on any atom is 0.211 e. The molecule has 1 aliphatic heterocycles. The van der Waals surface area contributed by atoms with Gasteiger partial charge in [-0.15, -0.1) is 0 Å². The van der Waals surface area contributed by atoms with E-state index >= 15 is 0 Å². The molecular weight excluding hydrogens is 228 g/mol. The predicted molar refractivity (Wildman–Crippen MR) is 63.9 cm³/mol. The zero-order valence-corrected chi connectivity index (χ0v) is 10.7. The van der Waals surface area contributed by atoms with Gasteiger partial charge in [-0.2, -0.15) is 0 Å². The highest BCUT2D eigenvalue weighted by molar-refractivity contribution is 7.89. The van der Waals surface area contributed by atoms with Crippen molar-refractivity contribution in [2.24, 2.45) is 0 Å². The van der Waals surface area contributed by atoms with Crippen molar-refractivity contribution in [1.29, 1.82) is 0 Å². The molecule has 0 spiro atoms. The Bertz CT molecular complexity index is 274. The van der Waals surface area contributed by atoms with E-state index in [2.05, 4.69) is 10.0 Å². The van der Waals surface area contributed by atoms with Crippen molar-refractivity contribution in [3.8, 4) is 0 Å². The summed E-state index contributed by atoms with van der Waals surface area (Å²) in [6.45, 7) is 2.19. The van der Waals surface area contributed by atoms with Crippen molar-refractivity contribution in [1.82, 2.24) is 10.0 Å². The number of unbranched alkanes of at least 4 members (excludes halogenated alkanes) is 1. The molecule has 0 aromatic carbocycles. The maximum absolute atomic E-state index is 11.7. The van der Waals surface area contributed by atoms with Gasteiger partial charge in [0.1, 0.15) is 0 Å². The van der Waals surface area contributed by atoms with Crippen LogP contribution < -0.4 is 10.0 Å². The van der Waals surface area contributed by atoms with Crippen molar-refractivity contribution in [2.45, 2.75) is 31.7 Å². The summed E-state index contributed by atoms with van der Waals surface area (Å²) in [7, 11) is -1.23. The molecule has 0 aromatic heterocycles. The van der Waals surface area contributed by atoms with Crippen molar-refractivity contribution >= 4 is 10.0 Å². The zero-order valence-electron chi connectivity index (χ0n) is 9.87. The van der Waals surface area contributed by atoms with Crippen LogP contribution in [0.3, 0.4) is 0 Å². The molecule has 2 N–H and O–H groups in total. The smallest absolute Gasteiger partial charge is 0.211 e. The Balaban J connectivity index is 2.22. The quantitative estimate of drug-likeness (QED) is 0.628. The van der Waals surface area contributed by atoms with Gasteiger partial charge in [-0.25, -0.2) is 13.1 Å². The zero-order chi connectivity index (χ0) is 11.9. The maximum atomic E-state index is 11.7. The van der Waals surface area contributed by atoms with E-state index in [-0.39, 0.29) is 11.8 Å².